The molecule has 0 amide bonds. The molecule has 0 heterocycles. The number of carbonyl (C=O) groups excluding carboxylic acids is 1. The molecule has 0 aliphatic rings. The quantitative estimate of drug-likeness (QED) is 0.596. The van der Waals surface area contributed by atoms with Gasteiger partial charge < -0.3 is 0 Å². The van der Waals surface area contributed by atoms with Crippen LogP contribution >= 0.6 is 0 Å². The fourth-order valence-electron chi connectivity index (χ4n) is 0.647. The zero-order valence-electron chi connectivity index (χ0n) is 7.02. The van der Waals surface area contributed by atoms with Crippen molar-refractivity contribution in [3.05, 3.63) is 0 Å². The molecule has 0 aromatic carbocycles. The Labute approximate surface area is 61.6 Å². The number of Topliss-reactive ketones (excluding diaryl/α,β-unsaturated/α-hetero) is 1. The maximum atomic E-state index is 12.8. The van der Waals surface area contributed by atoms with E-state index in [0.717, 1.165) is 0 Å². The van der Waals surface area contributed by atoms with E-state index in [9.17, 15) is 9.18 Å². The molecular formula is C8H15FO. The van der Waals surface area contributed by atoms with Crippen LogP contribution in [0.1, 0.15) is 27.7 Å². The zero-order valence-corrected chi connectivity index (χ0v) is 7.02. The van der Waals surface area contributed by atoms with Crippen LogP contribution in [0.4, 0.5) is 4.39 Å². The van der Waals surface area contributed by atoms with Gasteiger partial charge in [0.1, 0.15) is 0 Å². The van der Waals surface area contributed by atoms with Gasteiger partial charge in [-0.15, -0.1) is 0 Å². The highest BCUT2D eigenvalue weighted by Crippen LogP contribution is 2.11. The Hall–Kier alpha value is -0.400. The normalized spacial score (nSPS) is 14.3. The van der Waals surface area contributed by atoms with Crippen molar-refractivity contribution in [3.8, 4) is 0 Å². The summed E-state index contributed by atoms with van der Waals surface area (Å²) in [6.07, 6.45) is -1.28. The number of hydrogen-bond donors (Lipinski definition) is 0. The van der Waals surface area contributed by atoms with Crippen LogP contribution in [0.5, 0.6) is 0 Å². The van der Waals surface area contributed by atoms with Gasteiger partial charge in [-0.2, -0.15) is 0 Å². The summed E-state index contributed by atoms with van der Waals surface area (Å²) < 4.78 is 12.8. The molecule has 10 heavy (non-hydrogen) atoms. The molecule has 0 aliphatic carbocycles. The molecule has 1 unspecified atom stereocenters. The first-order valence-corrected chi connectivity index (χ1v) is 3.64. The van der Waals surface area contributed by atoms with Crippen LogP contribution in [0, 0.1) is 11.8 Å². The molecule has 0 bridgehead atoms. The van der Waals surface area contributed by atoms with Crippen molar-refractivity contribution >= 4 is 5.78 Å². The standard InChI is InChI=1S/C8H15FO/c1-5(2)7(9)8(10)6(3)4/h5-7H,1-4H3. The molecule has 0 radical (unpaired) electrons. The number of rotatable bonds is 3. The van der Waals surface area contributed by atoms with E-state index in [0.29, 0.717) is 0 Å². The summed E-state index contributed by atoms with van der Waals surface area (Å²) in [5.74, 6) is -0.651. The average molecular weight is 146 g/mol. The molecule has 0 saturated carbocycles. The Kier molecular flexibility index (Phi) is 3.54. The van der Waals surface area contributed by atoms with Gasteiger partial charge in [0.05, 0.1) is 0 Å². The van der Waals surface area contributed by atoms with Crippen LogP contribution in [-0.4, -0.2) is 12.0 Å². The Morgan fingerprint density at radius 1 is 1.20 bits per heavy atom. The summed E-state index contributed by atoms with van der Waals surface area (Å²) in [6.45, 7) is 6.87. The monoisotopic (exact) mass is 146 g/mol. The summed E-state index contributed by atoms with van der Waals surface area (Å²) in [4.78, 5) is 10.9. The molecule has 0 aromatic heterocycles. The summed E-state index contributed by atoms with van der Waals surface area (Å²) in [6, 6.07) is 0. The Balaban J connectivity index is 3.95. The van der Waals surface area contributed by atoms with E-state index in [1.807, 2.05) is 0 Å². The van der Waals surface area contributed by atoms with Crippen molar-refractivity contribution < 1.29 is 9.18 Å². The van der Waals surface area contributed by atoms with Crippen LogP contribution in [0.3, 0.4) is 0 Å². The lowest BCUT2D eigenvalue weighted by molar-refractivity contribution is -0.128. The number of hydrogen-bond acceptors (Lipinski definition) is 1. The first-order valence-electron chi connectivity index (χ1n) is 3.64. The van der Waals surface area contributed by atoms with Gasteiger partial charge in [0.15, 0.2) is 12.0 Å². The van der Waals surface area contributed by atoms with Gasteiger partial charge in [0, 0.05) is 5.92 Å². The van der Waals surface area contributed by atoms with Gasteiger partial charge in [-0.25, -0.2) is 4.39 Å². The van der Waals surface area contributed by atoms with Gasteiger partial charge in [-0.05, 0) is 5.92 Å². The first kappa shape index (κ1) is 9.60. The second-order valence-corrected chi connectivity index (χ2v) is 3.20. The van der Waals surface area contributed by atoms with Crippen LogP contribution < -0.4 is 0 Å². The molecule has 0 N–H and O–H groups in total. The number of carbonyl (C=O) groups is 1. The Morgan fingerprint density at radius 3 is 1.70 bits per heavy atom. The van der Waals surface area contributed by atoms with Gasteiger partial charge in [0.25, 0.3) is 0 Å². The highest BCUT2D eigenvalue weighted by molar-refractivity contribution is 5.84. The molecule has 0 aromatic rings. The maximum absolute atomic E-state index is 12.8. The molecule has 1 atom stereocenters. The number of halogens is 1. The van der Waals surface area contributed by atoms with Crippen LogP contribution in [-0.2, 0) is 4.79 Å². The number of ketones is 1. The summed E-state index contributed by atoms with van der Waals surface area (Å²) in [5, 5.41) is 0. The fraction of sp³-hybridized carbons (Fsp3) is 0.875. The van der Waals surface area contributed by atoms with E-state index in [4.69, 9.17) is 0 Å². The summed E-state index contributed by atoms with van der Waals surface area (Å²) in [5.41, 5.74) is 0. The summed E-state index contributed by atoms with van der Waals surface area (Å²) >= 11 is 0. The smallest absolute Gasteiger partial charge is 0.169 e. The molecule has 1 nitrogen and oxygen atoms in total. The van der Waals surface area contributed by atoms with E-state index in [1.165, 1.54) is 0 Å². The summed E-state index contributed by atoms with van der Waals surface area (Å²) in [7, 11) is 0. The lowest BCUT2D eigenvalue weighted by atomic mass is 9.97. The minimum absolute atomic E-state index is 0.183. The van der Waals surface area contributed by atoms with E-state index < -0.39 is 6.17 Å². The van der Waals surface area contributed by atoms with Gasteiger partial charge >= 0.3 is 0 Å². The van der Waals surface area contributed by atoms with Crippen molar-refractivity contribution in [1.82, 2.24) is 0 Å². The predicted molar refractivity (Wildman–Crippen MR) is 39.6 cm³/mol. The third-order valence-electron chi connectivity index (χ3n) is 1.43. The van der Waals surface area contributed by atoms with E-state index in [1.54, 1.807) is 27.7 Å². The Morgan fingerprint density at radius 2 is 1.60 bits per heavy atom. The maximum Gasteiger partial charge on any atom is 0.169 e. The third kappa shape index (κ3) is 2.46. The SMILES string of the molecule is CC(C)C(=O)C(F)C(C)C. The van der Waals surface area contributed by atoms with Crippen molar-refractivity contribution in [1.29, 1.82) is 0 Å². The molecule has 2 heteroatoms. The van der Waals surface area contributed by atoms with E-state index in [-0.39, 0.29) is 17.6 Å². The van der Waals surface area contributed by atoms with E-state index >= 15 is 0 Å². The van der Waals surface area contributed by atoms with E-state index in [2.05, 4.69) is 0 Å². The van der Waals surface area contributed by atoms with Crippen molar-refractivity contribution in [3.63, 3.8) is 0 Å². The molecular weight excluding hydrogens is 131 g/mol. The minimum atomic E-state index is -1.28. The van der Waals surface area contributed by atoms with Crippen molar-refractivity contribution in [2.75, 3.05) is 0 Å². The molecule has 0 aliphatic heterocycles. The van der Waals surface area contributed by atoms with Gasteiger partial charge in [0.2, 0.25) is 0 Å². The number of alkyl halides is 1. The zero-order chi connectivity index (χ0) is 8.31. The molecule has 0 saturated heterocycles. The molecule has 60 valence electrons. The minimum Gasteiger partial charge on any atom is -0.296 e. The van der Waals surface area contributed by atoms with Crippen LogP contribution in [0.2, 0.25) is 0 Å². The lowest BCUT2D eigenvalue weighted by Gasteiger charge is -2.12. The lowest BCUT2D eigenvalue weighted by Crippen LogP contribution is -2.25. The second kappa shape index (κ2) is 3.69. The highest BCUT2D eigenvalue weighted by Gasteiger charge is 2.22. The predicted octanol–water partition coefficient (Wildman–Crippen LogP) is 2.21. The largest absolute Gasteiger partial charge is 0.296 e. The first-order chi connectivity index (χ1) is 4.46. The van der Waals surface area contributed by atoms with Crippen LogP contribution in [0.25, 0.3) is 0 Å². The molecule has 0 fully saturated rings. The van der Waals surface area contributed by atoms with Gasteiger partial charge in [-0.1, -0.05) is 27.7 Å². The Bertz CT molecular complexity index is 118. The topological polar surface area (TPSA) is 17.1 Å². The average Bonchev–Trinajstić information content (AvgIpc) is 1.84. The van der Waals surface area contributed by atoms with Gasteiger partial charge in [-0.3, -0.25) is 4.79 Å². The van der Waals surface area contributed by atoms with Crippen molar-refractivity contribution in [2.24, 2.45) is 11.8 Å². The highest BCUT2D eigenvalue weighted by atomic mass is 19.1. The second-order valence-electron chi connectivity index (χ2n) is 3.20. The molecule has 0 rings (SSSR count). The fourth-order valence-corrected chi connectivity index (χ4v) is 0.647. The third-order valence-corrected chi connectivity index (χ3v) is 1.43. The molecule has 0 spiro atoms. The van der Waals surface area contributed by atoms with Crippen LogP contribution in [0.15, 0.2) is 0 Å². The van der Waals surface area contributed by atoms with Crippen molar-refractivity contribution in [2.45, 2.75) is 33.9 Å².